The summed E-state index contributed by atoms with van der Waals surface area (Å²) in [5.74, 6) is 0.148. The first-order chi connectivity index (χ1) is 14.6. The van der Waals surface area contributed by atoms with Gasteiger partial charge in [-0.2, -0.15) is 0 Å². The van der Waals surface area contributed by atoms with Gasteiger partial charge in [0.15, 0.2) is 0 Å². The van der Waals surface area contributed by atoms with E-state index in [1.165, 1.54) is 5.56 Å². The van der Waals surface area contributed by atoms with Crippen molar-refractivity contribution in [2.45, 2.75) is 72.0 Å². The van der Waals surface area contributed by atoms with Gasteiger partial charge in [0.1, 0.15) is 6.04 Å². The summed E-state index contributed by atoms with van der Waals surface area (Å²) < 4.78 is 0. The first-order valence-corrected chi connectivity index (χ1v) is 11.5. The number of hydrogen-bond donors (Lipinski definition) is 1. The fourth-order valence-corrected chi connectivity index (χ4v) is 3.82. The van der Waals surface area contributed by atoms with Gasteiger partial charge in [0.25, 0.3) is 0 Å². The van der Waals surface area contributed by atoms with Crippen LogP contribution in [0.1, 0.15) is 63.6 Å². The average molecular weight is 463 g/mol. The van der Waals surface area contributed by atoms with E-state index in [1.807, 2.05) is 13.8 Å². The number of rotatable bonds is 9. The highest BCUT2D eigenvalue weighted by atomic mass is 35.5. The van der Waals surface area contributed by atoms with Crippen LogP contribution in [0.25, 0.3) is 0 Å². The zero-order valence-electron chi connectivity index (χ0n) is 18.9. The molecule has 2 aromatic carbocycles. The molecule has 6 heteroatoms. The Kier molecular flexibility index (Phi) is 9.39. The smallest absolute Gasteiger partial charge is 0.242 e. The van der Waals surface area contributed by atoms with Gasteiger partial charge in [-0.3, -0.25) is 9.59 Å². The number of nitrogens with zero attached hydrogens (tertiary/aromatic N) is 1. The summed E-state index contributed by atoms with van der Waals surface area (Å²) in [7, 11) is 0. The molecule has 2 rings (SSSR count). The molecule has 0 saturated heterocycles. The lowest BCUT2D eigenvalue weighted by molar-refractivity contribution is -0.140. The van der Waals surface area contributed by atoms with E-state index >= 15 is 0 Å². The van der Waals surface area contributed by atoms with E-state index in [0.717, 1.165) is 5.56 Å². The van der Waals surface area contributed by atoms with Crippen LogP contribution in [0.15, 0.2) is 42.5 Å². The second kappa shape index (κ2) is 11.5. The zero-order chi connectivity index (χ0) is 23.1. The molecule has 0 bridgehead atoms. The molecule has 0 aromatic heterocycles. The van der Waals surface area contributed by atoms with Crippen molar-refractivity contribution in [3.8, 4) is 0 Å². The fraction of sp³-hybridized carbons (Fsp3) is 0.440. The van der Waals surface area contributed by atoms with Crippen LogP contribution >= 0.6 is 23.2 Å². The van der Waals surface area contributed by atoms with Crippen LogP contribution in [0, 0.1) is 0 Å². The molecule has 4 nitrogen and oxygen atoms in total. The Morgan fingerprint density at radius 2 is 1.52 bits per heavy atom. The predicted molar refractivity (Wildman–Crippen MR) is 129 cm³/mol. The first-order valence-electron chi connectivity index (χ1n) is 10.7. The summed E-state index contributed by atoms with van der Waals surface area (Å²) in [4.78, 5) is 27.4. The molecule has 0 aliphatic rings. The van der Waals surface area contributed by atoms with E-state index in [1.54, 1.807) is 30.0 Å². The number of amides is 2. The van der Waals surface area contributed by atoms with Gasteiger partial charge in [-0.15, -0.1) is 0 Å². The molecule has 0 heterocycles. The molecule has 0 spiro atoms. The molecule has 1 atom stereocenters. The lowest BCUT2D eigenvalue weighted by Crippen LogP contribution is -2.49. The minimum atomic E-state index is -0.648. The maximum Gasteiger partial charge on any atom is 0.242 e. The summed E-state index contributed by atoms with van der Waals surface area (Å²) in [6.45, 7) is 10.00. The van der Waals surface area contributed by atoms with Gasteiger partial charge >= 0.3 is 0 Å². The molecular formula is C25H32Cl2N2O2. The molecule has 1 unspecified atom stereocenters. The number of aryl methyl sites for hydroxylation is 1. The van der Waals surface area contributed by atoms with Crippen LogP contribution in [-0.4, -0.2) is 28.8 Å². The standard InChI is InChI=1S/C25H32Cl2N2O2/c1-16(2)20-12-9-19(10-13-20)11-14-24(30)29(18(5)25(31)28-17(3)4)15-21-22(26)7-6-8-23(21)27/h6-10,12-13,16-18H,11,14-15H2,1-5H3,(H,28,31). The summed E-state index contributed by atoms with van der Waals surface area (Å²) in [6, 6.07) is 12.9. The number of carbonyl (C=O) groups excluding carboxylic acids is 2. The molecule has 0 aliphatic heterocycles. The van der Waals surface area contributed by atoms with E-state index < -0.39 is 6.04 Å². The molecule has 0 fully saturated rings. The number of hydrogen-bond acceptors (Lipinski definition) is 2. The van der Waals surface area contributed by atoms with Gasteiger partial charge in [0.2, 0.25) is 11.8 Å². The van der Waals surface area contributed by atoms with E-state index in [4.69, 9.17) is 23.2 Å². The van der Waals surface area contributed by atoms with Crippen molar-refractivity contribution in [3.05, 3.63) is 69.2 Å². The molecule has 0 radical (unpaired) electrons. The van der Waals surface area contributed by atoms with Gasteiger partial charge in [-0.1, -0.05) is 67.4 Å². The topological polar surface area (TPSA) is 49.4 Å². The average Bonchev–Trinajstić information content (AvgIpc) is 2.71. The molecule has 2 amide bonds. The first kappa shape index (κ1) is 25.2. The van der Waals surface area contributed by atoms with Gasteiger partial charge in [-0.25, -0.2) is 0 Å². The quantitative estimate of drug-likeness (QED) is 0.497. The van der Waals surface area contributed by atoms with E-state index in [9.17, 15) is 9.59 Å². The third kappa shape index (κ3) is 7.26. The summed E-state index contributed by atoms with van der Waals surface area (Å²) in [6.07, 6.45) is 0.894. The van der Waals surface area contributed by atoms with E-state index in [0.29, 0.717) is 34.4 Å². The van der Waals surface area contributed by atoms with Crippen LogP contribution in [0.3, 0.4) is 0 Å². The number of halogens is 2. The maximum atomic E-state index is 13.2. The van der Waals surface area contributed by atoms with Crippen LogP contribution < -0.4 is 5.32 Å². The van der Waals surface area contributed by atoms with E-state index in [-0.39, 0.29) is 24.4 Å². The zero-order valence-corrected chi connectivity index (χ0v) is 20.4. The van der Waals surface area contributed by atoms with Gasteiger partial charge in [0, 0.05) is 34.6 Å². The van der Waals surface area contributed by atoms with Crippen LogP contribution in [0.5, 0.6) is 0 Å². The minimum Gasteiger partial charge on any atom is -0.352 e. The highest BCUT2D eigenvalue weighted by Crippen LogP contribution is 2.27. The Balaban J connectivity index is 2.19. The number of nitrogens with one attached hydrogen (secondary N) is 1. The van der Waals surface area contributed by atoms with Crippen molar-refractivity contribution in [3.63, 3.8) is 0 Å². The van der Waals surface area contributed by atoms with Crippen molar-refractivity contribution in [1.82, 2.24) is 10.2 Å². The highest BCUT2D eigenvalue weighted by Gasteiger charge is 2.27. The van der Waals surface area contributed by atoms with Crippen molar-refractivity contribution in [1.29, 1.82) is 0 Å². The largest absolute Gasteiger partial charge is 0.352 e. The van der Waals surface area contributed by atoms with Gasteiger partial charge in [-0.05, 0) is 56.4 Å². The molecule has 1 N–H and O–H groups in total. The normalized spacial score (nSPS) is 12.2. The van der Waals surface area contributed by atoms with Crippen molar-refractivity contribution in [2.75, 3.05) is 0 Å². The van der Waals surface area contributed by atoms with Crippen LogP contribution in [0.4, 0.5) is 0 Å². The molecule has 0 aliphatic carbocycles. The maximum absolute atomic E-state index is 13.2. The Bertz CT molecular complexity index is 875. The molecule has 2 aromatic rings. The predicted octanol–water partition coefficient (Wildman–Crippen LogP) is 5.99. The summed E-state index contributed by atoms with van der Waals surface area (Å²) in [5, 5.41) is 3.84. The third-order valence-electron chi connectivity index (χ3n) is 5.26. The van der Waals surface area contributed by atoms with E-state index in [2.05, 4.69) is 43.4 Å². The summed E-state index contributed by atoms with van der Waals surface area (Å²) >= 11 is 12.7. The number of carbonyl (C=O) groups is 2. The van der Waals surface area contributed by atoms with Crippen LogP contribution in [-0.2, 0) is 22.6 Å². The Morgan fingerprint density at radius 1 is 0.935 bits per heavy atom. The lowest BCUT2D eigenvalue weighted by Gasteiger charge is -2.30. The Labute approximate surface area is 195 Å². The summed E-state index contributed by atoms with van der Waals surface area (Å²) in [5.41, 5.74) is 3.00. The lowest BCUT2D eigenvalue weighted by atomic mass is 10.00. The van der Waals surface area contributed by atoms with Gasteiger partial charge < -0.3 is 10.2 Å². The van der Waals surface area contributed by atoms with Gasteiger partial charge in [0.05, 0.1) is 0 Å². The second-order valence-corrected chi connectivity index (χ2v) is 9.27. The SMILES string of the molecule is CC(C)NC(=O)C(C)N(Cc1c(Cl)cccc1Cl)C(=O)CCc1ccc(C(C)C)cc1. The monoisotopic (exact) mass is 462 g/mol. The van der Waals surface area contributed by atoms with Crippen molar-refractivity contribution < 1.29 is 9.59 Å². The third-order valence-corrected chi connectivity index (χ3v) is 5.97. The van der Waals surface area contributed by atoms with Crippen molar-refractivity contribution in [2.24, 2.45) is 0 Å². The Morgan fingerprint density at radius 3 is 2.03 bits per heavy atom. The molecule has 168 valence electrons. The highest BCUT2D eigenvalue weighted by molar-refractivity contribution is 6.36. The number of benzene rings is 2. The Hall–Kier alpha value is -2.04. The van der Waals surface area contributed by atoms with Crippen molar-refractivity contribution >= 4 is 35.0 Å². The molecular weight excluding hydrogens is 431 g/mol. The minimum absolute atomic E-state index is 0.0183. The molecule has 0 saturated carbocycles. The van der Waals surface area contributed by atoms with Crippen LogP contribution in [0.2, 0.25) is 10.0 Å². The fourth-order valence-electron chi connectivity index (χ4n) is 3.31. The molecule has 31 heavy (non-hydrogen) atoms. The second-order valence-electron chi connectivity index (χ2n) is 8.46.